The average Bonchev–Trinajstić information content (AvgIpc) is 2.64. The second kappa shape index (κ2) is 4.24. The Labute approximate surface area is 101 Å². The molecule has 0 atom stereocenters. The van der Waals surface area contributed by atoms with E-state index in [1.54, 1.807) is 17.0 Å². The number of nitrogens with one attached hydrogen (secondary N) is 1. The van der Waals surface area contributed by atoms with Gasteiger partial charge in [-0.3, -0.25) is 4.57 Å². The highest BCUT2D eigenvalue weighted by molar-refractivity contribution is 5.27. The topological polar surface area (TPSA) is 37.8 Å². The van der Waals surface area contributed by atoms with E-state index in [2.05, 4.69) is 50.0 Å². The maximum absolute atomic E-state index is 11.4. The highest BCUT2D eigenvalue weighted by atomic mass is 16.1. The van der Waals surface area contributed by atoms with Crippen molar-refractivity contribution < 1.29 is 0 Å². The van der Waals surface area contributed by atoms with E-state index in [1.165, 1.54) is 5.56 Å². The van der Waals surface area contributed by atoms with Crippen LogP contribution in [0.3, 0.4) is 0 Å². The Morgan fingerprint density at radius 3 is 2.29 bits per heavy atom. The minimum Gasteiger partial charge on any atom is -0.313 e. The van der Waals surface area contributed by atoms with Crippen molar-refractivity contribution in [3.05, 3.63) is 58.3 Å². The van der Waals surface area contributed by atoms with Crippen molar-refractivity contribution in [3.63, 3.8) is 0 Å². The molecular weight excluding hydrogens is 212 g/mol. The molecule has 0 amide bonds. The van der Waals surface area contributed by atoms with Gasteiger partial charge in [0.25, 0.3) is 0 Å². The lowest BCUT2D eigenvalue weighted by Gasteiger charge is -2.19. The number of H-pyrrole nitrogens is 1. The summed E-state index contributed by atoms with van der Waals surface area (Å²) in [7, 11) is 0. The molecule has 0 unspecified atom stereocenters. The minimum atomic E-state index is -0.0649. The van der Waals surface area contributed by atoms with Crippen LogP contribution < -0.4 is 5.69 Å². The van der Waals surface area contributed by atoms with Crippen molar-refractivity contribution in [3.8, 4) is 0 Å². The van der Waals surface area contributed by atoms with Gasteiger partial charge in [0, 0.05) is 12.4 Å². The molecule has 1 aromatic carbocycles. The quantitative estimate of drug-likeness (QED) is 0.845. The third-order valence-electron chi connectivity index (χ3n) is 2.90. The van der Waals surface area contributed by atoms with Crippen LogP contribution in [0.4, 0.5) is 0 Å². The van der Waals surface area contributed by atoms with Crippen molar-refractivity contribution in [2.24, 2.45) is 0 Å². The maximum Gasteiger partial charge on any atom is 0.325 e. The molecule has 0 aliphatic rings. The summed E-state index contributed by atoms with van der Waals surface area (Å²) in [4.78, 5) is 14.0. The second-order valence-electron chi connectivity index (χ2n) is 5.34. The molecule has 2 rings (SSSR count). The van der Waals surface area contributed by atoms with E-state index in [9.17, 15) is 4.79 Å². The van der Waals surface area contributed by atoms with E-state index in [-0.39, 0.29) is 11.1 Å². The molecule has 17 heavy (non-hydrogen) atoms. The van der Waals surface area contributed by atoms with Crippen LogP contribution in [0, 0.1) is 0 Å². The number of imidazole rings is 1. The van der Waals surface area contributed by atoms with E-state index < -0.39 is 0 Å². The molecule has 1 heterocycles. The van der Waals surface area contributed by atoms with Gasteiger partial charge in [0.2, 0.25) is 0 Å². The first-order valence-electron chi connectivity index (χ1n) is 5.80. The summed E-state index contributed by atoms with van der Waals surface area (Å²) in [5.41, 5.74) is 2.55. The molecule has 90 valence electrons. The summed E-state index contributed by atoms with van der Waals surface area (Å²) < 4.78 is 1.66. The predicted octanol–water partition coefficient (Wildman–Crippen LogP) is 2.52. The number of aromatic amines is 1. The summed E-state index contributed by atoms with van der Waals surface area (Å²) in [6, 6.07) is 8.43. The zero-order chi connectivity index (χ0) is 12.5. The Morgan fingerprint density at radius 2 is 1.82 bits per heavy atom. The predicted molar refractivity (Wildman–Crippen MR) is 69.3 cm³/mol. The molecule has 0 bridgehead atoms. The van der Waals surface area contributed by atoms with Gasteiger partial charge >= 0.3 is 5.69 Å². The highest BCUT2D eigenvalue weighted by Gasteiger charge is 2.12. The van der Waals surface area contributed by atoms with Gasteiger partial charge in [-0.1, -0.05) is 45.0 Å². The van der Waals surface area contributed by atoms with Gasteiger partial charge in [-0.2, -0.15) is 0 Å². The van der Waals surface area contributed by atoms with E-state index >= 15 is 0 Å². The van der Waals surface area contributed by atoms with Crippen LogP contribution in [0.1, 0.15) is 31.9 Å². The molecule has 0 aliphatic carbocycles. The summed E-state index contributed by atoms with van der Waals surface area (Å²) in [5.74, 6) is 0. The third kappa shape index (κ3) is 2.67. The third-order valence-corrected chi connectivity index (χ3v) is 2.90. The van der Waals surface area contributed by atoms with Crippen LogP contribution >= 0.6 is 0 Å². The van der Waals surface area contributed by atoms with Gasteiger partial charge in [-0.25, -0.2) is 4.79 Å². The van der Waals surface area contributed by atoms with Crippen LogP contribution in [0.2, 0.25) is 0 Å². The van der Waals surface area contributed by atoms with Crippen molar-refractivity contribution in [1.82, 2.24) is 9.55 Å². The molecule has 0 aliphatic heterocycles. The number of benzene rings is 1. The summed E-state index contributed by atoms with van der Waals surface area (Å²) in [5, 5.41) is 0. The van der Waals surface area contributed by atoms with E-state index in [0.717, 1.165) is 5.56 Å². The maximum atomic E-state index is 11.4. The van der Waals surface area contributed by atoms with Crippen molar-refractivity contribution in [2.75, 3.05) is 0 Å². The first-order chi connectivity index (χ1) is 7.97. The first kappa shape index (κ1) is 11.7. The van der Waals surface area contributed by atoms with Gasteiger partial charge in [-0.15, -0.1) is 0 Å². The molecule has 3 nitrogen and oxygen atoms in total. The molecule has 0 saturated heterocycles. The van der Waals surface area contributed by atoms with Gasteiger partial charge in [0.05, 0.1) is 6.54 Å². The van der Waals surface area contributed by atoms with Crippen molar-refractivity contribution >= 4 is 0 Å². The number of nitrogens with zero attached hydrogens (tertiary/aromatic N) is 1. The monoisotopic (exact) mass is 230 g/mol. The zero-order valence-electron chi connectivity index (χ0n) is 10.5. The Bertz CT molecular complexity index is 541. The molecule has 3 heteroatoms. The molecular formula is C14H18N2O. The molecule has 0 radical (unpaired) electrons. The number of hydrogen-bond donors (Lipinski definition) is 1. The van der Waals surface area contributed by atoms with Crippen molar-refractivity contribution in [1.29, 1.82) is 0 Å². The molecule has 1 N–H and O–H groups in total. The Hall–Kier alpha value is -1.77. The van der Waals surface area contributed by atoms with Gasteiger partial charge in [0.1, 0.15) is 0 Å². The van der Waals surface area contributed by atoms with Gasteiger partial charge < -0.3 is 4.98 Å². The van der Waals surface area contributed by atoms with Crippen LogP contribution in [-0.4, -0.2) is 9.55 Å². The molecule has 0 spiro atoms. The van der Waals surface area contributed by atoms with Crippen molar-refractivity contribution in [2.45, 2.75) is 32.7 Å². The summed E-state index contributed by atoms with van der Waals surface area (Å²) >= 11 is 0. The fraction of sp³-hybridized carbons (Fsp3) is 0.357. The molecule has 2 aromatic rings. The lowest BCUT2D eigenvalue weighted by molar-refractivity contribution is 0.589. The fourth-order valence-electron chi connectivity index (χ4n) is 1.78. The van der Waals surface area contributed by atoms with Gasteiger partial charge in [0.15, 0.2) is 0 Å². The molecule has 1 aromatic heterocycles. The Morgan fingerprint density at radius 1 is 1.18 bits per heavy atom. The standard InChI is InChI=1S/C14H18N2O/c1-14(2,3)12-6-4-11(5-7-12)10-16-9-8-15-13(16)17/h4-9H,10H2,1-3H3,(H,15,17). The minimum absolute atomic E-state index is 0.0649. The smallest absolute Gasteiger partial charge is 0.313 e. The average molecular weight is 230 g/mol. The number of hydrogen-bond acceptors (Lipinski definition) is 1. The lowest BCUT2D eigenvalue weighted by atomic mass is 9.87. The summed E-state index contributed by atoms with van der Waals surface area (Å²) in [6.45, 7) is 7.20. The zero-order valence-corrected chi connectivity index (χ0v) is 10.5. The summed E-state index contributed by atoms with van der Waals surface area (Å²) in [6.07, 6.45) is 3.42. The Balaban J connectivity index is 2.20. The molecule has 0 fully saturated rings. The van der Waals surface area contributed by atoms with E-state index in [4.69, 9.17) is 0 Å². The highest BCUT2D eigenvalue weighted by Crippen LogP contribution is 2.22. The van der Waals surface area contributed by atoms with Crippen LogP contribution in [0.15, 0.2) is 41.5 Å². The van der Waals surface area contributed by atoms with E-state index in [0.29, 0.717) is 6.54 Å². The fourth-order valence-corrected chi connectivity index (χ4v) is 1.78. The van der Waals surface area contributed by atoms with Gasteiger partial charge in [-0.05, 0) is 16.5 Å². The second-order valence-corrected chi connectivity index (χ2v) is 5.34. The Kier molecular flexibility index (Phi) is 2.92. The van der Waals surface area contributed by atoms with Crippen LogP contribution in [0.5, 0.6) is 0 Å². The number of rotatable bonds is 2. The first-order valence-corrected chi connectivity index (χ1v) is 5.80. The van der Waals surface area contributed by atoms with E-state index in [1.807, 2.05) is 0 Å². The van der Waals surface area contributed by atoms with Crippen LogP contribution in [0.25, 0.3) is 0 Å². The number of aromatic nitrogens is 2. The largest absolute Gasteiger partial charge is 0.325 e. The normalized spacial score (nSPS) is 11.7. The SMILES string of the molecule is CC(C)(C)c1ccc(Cn2cc[nH]c2=O)cc1. The molecule has 0 saturated carbocycles. The lowest BCUT2D eigenvalue weighted by Crippen LogP contribution is -2.17. The van der Waals surface area contributed by atoms with Crippen LogP contribution in [-0.2, 0) is 12.0 Å².